The number of sulfonamides is 1. The van der Waals surface area contributed by atoms with Crippen LogP contribution in [0.2, 0.25) is 0 Å². The van der Waals surface area contributed by atoms with E-state index in [1.54, 1.807) is 0 Å². The van der Waals surface area contributed by atoms with Gasteiger partial charge < -0.3 is 19.3 Å². The molecule has 2 aromatic carbocycles. The van der Waals surface area contributed by atoms with Crippen LogP contribution in [-0.2, 0) is 21.0 Å². The minimum atomic E-state index is -4.69. The molecule has 0 atom stereocenters. The summed E-state index contributed by atoms with van der Waals surface area (Å²) in [6.45, 7) is 4.25. The summed E-state index contributed by atoms with van der Waals surface area (Å²) < 4.78 is 78.5. The zero-order valence-electron chi connectivity index (χ0n) is 19.7. The third-order valence-electron chi connectivity index (χ3n) is 5.86. The first kappa shape index (κ1) is 26.6. The number of likely N-dealkylation sites (N-methyl/N-ethyl adjacent to an activating group) is 1. The lowest BCUT2D eigenvalue weighted by Crippen LogP contribution is -2.51. The number of carbonyl (C=O) groups excluding carboxylic acids is 1. The molecule has 35 heavy (non-hydrogen) atoms. The molecule has 0 saturated carbocycles. The molecular weight excluding hydrogens is 487 g/mol. The number of rotatable bonds is 8. The van der Waals surface area contributed by atoms with Crippen LogP contribution in [0.25, 0.3) is 0 Å². The number of hydrogen-bond acceptors (Lipinski definition) is 6. The largest absolute Gasteiger partial charge is 0.493 e. The van der Waals surface area contributed by atoms with Gasteiger partial charge in [0.15, 0.2) is 11.5 Å². The van der Waals surface area contributed by atoms with E-state index in [2.05, 4.69) is 4.90 Å². The number of alkyl halides is 3. The van der Waals surface area contributed by atoms with Crippen molar-refractivity contribution in [1.29, 1.82) is 0 Å². The van der Waals surface area contributed by atoms with Gasteiger partial charge in [-0.25, -0.2) is 8.42 Å². The lowest BCUT2D eigenvalue weighted by molar-refractivity contribution is -0.137. The predicted octanol–water partition coefficient (Wildman–Crippen LogP) is 3.08. The van der Waals surface area contributed by atoms with Gasteiger partial charge in [0, 0.05) is 32.2 Å². The molecule has 0 unspecified atom stereocenters. The van der Waals surface area contributed by atoms with Gasteiger partial charge in [-0.3, -0.25) is 9.10 Å². The molecule has 1 saturated heterocycles. The number of carbonyl (C=O) groups is 1. The van der Waals surface area contributed by atoms with Crippen molar-refractivity contribution in [3.63, 3.8) is 0 Å². The molecular formula is C23H28F3N3O5S. The molecule has 0 bridgehead atoms. The lowest BCUT2D eigenvalue weighted by atomic mass is 10.2. The maximum absolute atomic E-state index is 13.6. The molecule has 0 spiro atoms. The summed E-state index contributed by atoms with van der Waals surface area (Å²) in [5.41, 5.74) is -1.29. The summed E-state index contributed by atoms with van der Waals surface area (Å²) in [6.07, 6.45) is -4.69. The van der Waals surface area contributed by atoms with Crippen molar-refractivity contribution in [2.75, 3.05) is 57.8 Å². The smallest absolute Gasteiger partial charge is 0.416 e. The van der Waals surface area contributed by atoms with Crippen molar-refractivity contribution in [3.8, 4) is 11.5 Å². The van der Waals surface area contributed by atoms with Gasteiger partial charge in [0.2, 0.25) is 5.91 Å². The number of piperazine rings is 1. The van der Waals surface area contributed by atoms with Gasteiger partial charge in [0.25, 0.3) is 10.0 Å². The van der Waals surface area contributed by atoms with Gasteiger partial charge in [-0.15, -0.1) is 0 Å². The van der Waals surface area contributed by atoms with Crippen LogP contribution >= 0.6 is 0 Å². The van der Waals surface area contributed by atoms with Crippen LogP contribution in [0.1, 0.15) is 12.5 Å². The van der Waals surface area contributed by atoms with E-state index in [1.165, 1.54) is 43.4 Å². The average molecular weight is 516 g/mol. The normalized spacial score (nSPS) is 15.1. The average Bonchev–Trinajstić information content (AvgIpc) is 2.86. The van der Waals surface area contributed by atoms with Crippen LogP contribution in [0.3, 0.4) is 0 Å². The summed E-state index contributed by atoms with van der Waals surface area (Å²) in [4.78, 5) is 16.5. The van der Waals surface area contributed by atoms with Gasteiger partial charge >= 0.3 is 6.18 Å². The predicted molar refractivity (Wildman–Crippen MR) is 124 cm³/mol. The van der Waals surface area contributed by atoms with E-state index in [4.69, 9.17) is 9.47 Å². The Kier molecular flexibility index (Phi) is 8.16. The summed E-state index contributed by atoms with van der Waals surface area (Å²) in [5.74, 6) is -0.0938. The fraction of sp³-hybridized carbons (Fsp3) is 0.435. The number of benzene rings is 2. The van der Waals surface area contributed by atoms with E-state index >= 15 is 0 Å². The van der Waals surface area contributed by atoms with E-state index in [0.717, 1.165) is 24.7 Å². The molecule has 1 fully saturated rings. The molecule has 0 aromatic heterocycles. The number of nitrogens with zero attached hydrogens (tertiary/aromatic N) is 3. The van der Waals surface area contributed by atoms with Gasteiger partial charge in [-0.2, -0.15) is 13.2 Å². The van der Waals surface area contributed by atoms with E-state index < -0.39 is 34.2 Å². The Morgan fingerprint density at radius 1 is 1.00 bits per heavy atom. The quantitative estimate of drug-likeness (QED) is 0.538. The molecule has 8 nitrogen and oxygen atoms in total. The van der Waals surface area contributed by atoms with E-state index in [9.17, 15) is 26.4 Å². The van der Waals surface area contributed by atoms with Crippen LogP contribution < -0.4 is 13.8 Å². The minimum absolute atomic E-state index is 0.125. The summed E-state index contributed by atoms with van der Waals surface area (Å²) in [6, 6.07) is 7.75. The minimum Gasteiger partial charge on any atom is -0.493 e. The van der Waals surface area contributed by atoms with Crippen LogP contribution in [0, 0.1) is 0 Å². The Hall–Kier alpha value is -2.99. The zero-order chi connectivity index (χ0) is 25.8. The number of anilines is 1. The van der Waals surface area contributed by atoms with E-state index in [-0.39, 0.29) is 22.1 Å². The van der Waals surface area contributed by atoms with Gasteiger partial charge in [-0.1, -0.05) is 13.0 Å². The van der Waals surface area contributed by atoms with E-state index in [0.29, 0.717) is 30.5 Å². The first-order chi connectivity index (χ1) is 16.5. The molecule has 1 amide bonds. The molecule has 1 heterocycles. The van der Waals surface area contributed by atoms with Crippen molar-refractivity contribution in [1.82, 2.24) is 9.80 Å². The van der Waals surface area contributed by atoms with Gasteiger partial charge in [0.05, 0.1) is 30.4 Å². The fourth-order valence-corrected chi connectivity index (χ4v) is 5.21. The first-order valence-electron chi connectivity index (χ1n) is 10.9. The van der Waals surface area contributed by atoms with Gasteiger partial charge in [0.1, 0.15) is 6.54 Å². The molecule has 0 radical (unpaired) electrons. The molecule has 12 heteroatoms. The third-order valence-corrected chi connectivity index (χ3v) is 7.63. The highest BCUT2D eigenvalue weighted by Gasteiger charge is 2.34. The second kappa shape index (κ2) is 10.7. The van der Waals surface area contributed by atoms with Crippen LogP contribution in [0.4, 0.5) is 18.9 Å². The topological polar surface area (TPSA) is 79.4 Å². The van der Waals surface area contributed by atoms with Crippen molar-refractivity contribution < 1.29 is 35.9 Å². The number of ether oxygens (including phenoxy) is 2. The highest BCUT2D eigenvalue weighted by molar-refractivity contribution is 7.92. The Morgan fingerprint density at radius 2 is 1.66 bits per heavy atom. The Morgan fingerprint density at radius 3 is 2.23 bits per heavy atom. The number of halogens is 3. The van der Waals surface area contributed by atoms with Crippen molar-refractivity contribution >= 4 is 21.6 Å². The molecule has 192 valence electrons. The Bertz CT molecular complexity index is 1150. The second-order valence-electron chi connectivity index (χ2n) is 7.89. The molecule has 0 N–H and O–H groups in total. The zero-order valence-corrected chi connectivity index (χ0v) is 20.5. The van der Waals surface area contributed by atoms with Crippen molar-refractivity contribution in [2.45, 2.75) is 18.0 Å². The number of hydrogen-bond donors (Lipinski definition) is 0. The maximum Gasteiger partial charge on any atom is 0.416 e. The lowest BCUT2D eigenvalue weighted by Gasteiger charge is -2.35. The summed E-state index contributed by atoms with van der Waals surface area (Å²) in [7, 11) is -1.73. The van der Waals surface area contributed by atoms with E-state index in [1.807, 2.05) is 6.92 Å². The summed E-state index contributed by atoms with van der Waals surface area (Å²) >= 11 is 0. The third kappa shape index (κ3) is 5.99. The maximum atomic E-state index is 13.6. The fourth-order valence-electron chi connectivity index (χ4n) is 3.79. The SMILES string of the molecule is CCN1CCN(C(=O)CN(c2cccc(C(F)(F)F)c2)S(=O)(=O)c2ccc(OC)c(OC)c2)CC1. The summed E-state index contributed by atoms with van der Waals surface area (Å²) in [5, 5.41) is 0. The highest BCUT2D eigenvalue weighted by Crippen LogP contribution is 2.35. The standard InChI is InChI=1S/C23H28F3N3O5S/c1-4-27-10-12-28(13-11-27)22(30)16-29(18-7-5-6-17(14-18)23(24,25)26)35(31,32)19-8-9-20(33-2)21(15-19)34-3/h5-9,14-15H,4,10-13,16H2,1-3H3. The first-order valence-corrected chi connectivity index (χ1v) is 12.4. The van der Waals surface area contributed by atoms with Gasteiger partial charge in [-0.05, 0) is 36.9 Å². The highest BCUT2D eigenvalue weighted by atomic mass is 32.2. The van der Waals surface area contributed by atoms with Crippen LogP contribution in [0.15, 0.2) is 47.4 Å². The Labute approximate surface area is 202 Å². The molecule has 1 aliphatic heterocycles. The molecule has 2 aromatic rings. The van der Waals surface area contributed by atoms with Crippen molar-refractivity contribution in [2.24, 2.45) is 0 Å². The molecule has 1 aliphatic rings. The monoisotopic (exact) mass is 515 g/mol. The number of amides is 1. The van der Waals surface area contributed by atoms with Crippen LogP contribution in [-0.4, -0.2) is 77.6 Å². The van der Waals surface area contributed by atoms with Crippen LogP contribution in [0.5, 0.6) is 11.5 Å². The Balaban J connectivity index is 2.02. The second-order valence-corrected chi connectivity index (χ2v) is 9.75. The molecule has 0 aliphatic carbocycles. The number of methoxy groups -OCH3 is 2. The molecule has 3 rings (SSSR count). The van der Waals surface area contributed by atoms with Crippen molar-refractivity contribution in [3.05, 3.63) is 48.0 Å².